The van der Waals surface area contributed by atoms with Gasteiger partial charge in [-0.3, -0.25) is 0 Å². The van der Waals surface area contributed by atoms with Crippen LogP contribution in [0.4, 0.5) is 0 Å². The highest BCUT2D eigenvalue weighted by molar-refractivity contribution is 6.30. The van der Waals surface area contributed by atoms with E-state index >= 15 is 0 Å². The molecule has 9 heteroatoms. The van der Waals surface area contributed by atoms with Gasteiger partial charge in [-0.15, -0.1) is 0 Å². The minimum Gasteiger partial charge on any atom is -0.459 e. The molecule has 2 aromatic rings. The Balaban J connectivity index is 1.70. The molecule has 0 fully saturated rings. The summed E-state index contributed by atoms with van der Waals surface area (Å²) >= 11 is 6.04. The molecule has 1 aliphatic heterocycles. The number of ether oxygens (including phenoxy) is 4. The van der Waals surface area contributed by atoms with E-state index in [1.807, 2.05) is 46.8 Å². The topological polar surface area (TPSA) is 103 Å². The second-order valence-corrected chi connectivity index (χ2v) is 11.2. The number of aliphatic hydroxyl groups is 1. The summed E-state index contributed by atoms with van der Waals surface area (Å²) in [5.41, 5.74) is 1.64. The van der Waals surface area contributed by atoms with Gasteiger partial charge in [0.2, 0.25) is 0 Å². The number of carbonyl (C=O) groups excluding carboxylic acids is 2. The van der Waals surface area contributed by atoms with Crippen molar-refractivity contribution in [1.82, 2.24) is 5.32 Å². The van der Waals surface area contributed by atoms with Crippen LogP contribution in [-0.4, -0.2) is 48.6 Å². The monoisotopic (exact) mass is 589 g/mol. The summed E-state index contributed by atoms with van der Waals surface area (Å²) in [6.45, 7) is 10.8. The maximum Gasteiger partial charge on any atom is 0.453 e. The minimum atomic E-state index is -2.34. The van der Waals surface area contributed by atoms with E-state index in [2.05, 4.69) is 5.32 Å². The number of fused-ring (bicyclic) bond motifs is 1. The molecule has 0 spiro atoms. The Morgan fingerprint density at radius 3 is 2.05 bits per heavy atom. The first-order valence-corrected chi connectivity index (χ1v) is 15.1. The van der Waals surface area contributed by atoms with Gasteiger partial charge in [0.1, 0.15) is 0 Å². The molecule has 0 bridgehead atoms. The van der Waals surface area contributed by atoms with Crippen LogP contribution in [-0.2, 0) is 25.5 Å². The number of nitrogens with one attached hydrogen (secondary N) is 1. The summed E-state index contributed by atoms with van der Waals surface area (Å²) in [5, 5.41) is 14.4. The number of aliphatic hydroxyl groups excluding tert-OH is 1. The van der Waals surface area contributed by atoms with E-state index in [0.29, 0.717) is 18.0 Å². The fourth-order valence-corrected chi connectivity index (χ4v) is 4.82. The van der Waals surface area contributed by atoms with Crippen molar-refractivity contribution in [1.29, 1.82) is 0 Å². The zero-order chi connectivity index (χ0) is 30.0. The fourth-order valence-electron chi connectivity index (χ4n) is 4.62. The molecule has 0 unspecified atom stereocenters. The smallest absolute Gasteiger partial charge is 0.453 e. The van der Waals surface area contributed by atoms with Gasteiger partial charge in [-0.2, -0.15) is 0 Å². The molecule has 2 aromatic carbocycles. The first-order chi connectivity index (χ1) is 19.6. The maximum absolute atomic E-state index is 13.3. The Hall–Kier alpha value is -2.81. The molecule has 8 nitrogen and oxygen atoms in total. The number of carbonyl (C=O) groups is 2. The Bertz CT molecular complexity index is 1120. The van der Waals surface area contributed by atoms with Crippen molar-refractivity contribution in [2.24, 2.45) is 11.8 Å². The van der Waals surface area contributed by atoms with Gasteiger partial charge in [0.15, 0.2) is 11.5 Å². The molecule has 226 valence electrons. The highest BCUT2D eigenvalue weighted by Gasteiger charge is 2.60. The van der Waals surface area contributed by atoms with E-state index in [9.17, 15) is 14.7 Å². The lowest BCUT2D eigenvalue weighted by atomic mass is 10.1. The number of hydrogen-bond donors (Lipinski definition) is 2. The van der Waals surface area contributed by atoms with Gasteiger partial charge in [-0.1, -0.05) is 83.2 Å². The van der Waals surface area contributed by atoms with Crippen LogP contribution < -0.4 is 14.8 Å². The van der Waals surface area contributed by atoms with Crippen molar-refractivity contribution in [2.45, 2.75) is 84.7 Å². The number of halogens is 1. The van der Waals surface area contributed by atoms with Crippen LogP contribution >= 0.6 is 11.6 Å². The van der Waals surface area contributed by atoms with Crippen LogP contribution in [0.1, 0.15) is 77.5 Å². The lowest BCUT2D eigenvalue weighted by molar-refractivity contribution is -0.204. The van der Waals surface area contributed by atoms with Crippen molar-refractivity contribution >= 4 is 23.5 Å². The standard InChI is InChI=1S/C32H44ClNO7/c1-6-22(7-2)19-38-30(36)32(31(37)39-20-23(8-3)9-4)40-28-14-13-24(16-29(28)41-32)15-21(5)34-18-27(35)25-11-10-12-26(33)17-25/h10-14,16-17,21-23,27,34-35H,6-9,15,18-20H2,1-5H3/t21-,27+/m1/s1. The fraction of sp³-hybridized carbons (Fsp3) is 0.562. The van der Waals surface area contributed by atoms with Crippen LogP contribution in [0.5, 0.6) is 11.5 Å². The number of rotatable bonds is 16. The first-order valence-electron chi connectivity index (χ1n) is 14.7. The zero-order valence-electron chi connectivity index (χ0n) is 24.8. The summed E-state index contributed by atoms with van der Waals surface area (Å²) in [6.07, 6.45) is 3.25. The molecule has 3 rings (SSSR count). The summed E-state index contributed by atoms with van der Waals surface area (Å²) in [6, 6.07) is 12.4. The van der Waals surface area contributed by atoms with E-state index < -0.39 is 23.8 Å². The molecular weight excluding hydrogens is 546 g/mol. The highest BCUT2D eigenvalue weighted by atomic mass is 35.5. The number of benzene rings is 2. The molecule has 0 saturated heterocycles. The van der Waals surface area contributed by atoms with Gasteiger partial charge >= 0.3 is 17.7 Å². The molecule has 2 atom stereocenters. The van der Waals surface area contributed by atoms with E-state index in [0.717, 1.165) is 36.8 Å². The lowest BCUT2D eigenvalue weighted by Gasteiger charge is -2.25. The van der Waals surface area contributed by atoms with Crippen LogP contribution in [0.3, 0.4) is 0 Å². The van der Waals surface area contributed by atoms with Crippen molar-refractivity contribution in [3.63, 3.8) is 0 Å². The van der Waals surface area contributed by atoms with Gasteiger partial charge in [-0.25, -0.2) is 9.59 Å². The maximum atomic E-state index is 13.3. The summed E-state index contributed by atoms with van der Waals surface area (Å²) in [5.74, 6) is -3.30. The predicted molar refractivity (Wildman–Crippen MR) is 158 cm³/mol. The quantitative estimate of drug-likeness (QED) is 0.181. The molecular formula is C32H44ClNO7. The molecule has 0 radical (unpaired) electrons. The van der Waals surface area contributed by atoms with Gasteiger partial charge < -0.3 is 29.4 Å². The summed E-state index contributed by atoms with van der Waals surface area (Å²) in [4.78, 5) is 26.7. The Morgan fingerprint density at radius 2 is 1.49 bits per heavy atom. The molecule has 0 aromatic heterocycles. The Labute approximate surface area is 248 Å². The average Bonchev–Trinajstić information content (AvgIpc) is 3.37. The van der Waals surface area contributed by atoms with Crippen LogP contribution in [0.2, 0.25) is 5.02 Å². The average molecular weight is 590 g/mol. The molecule has 0 amide bonds. The van der Waals surface area contributed by atoms with Crippen molar-refractivity contribution < 1.29 is 33.6 Å². The molecule has 1 aliphatic rings. The molecule has 0 saturated carbocycles. The third-order valence-electron chi connectivity index (χ3n) is 7.70. The second-order valence-electron chi connectivity index (χ2n) is 10.7. The number of esters is 2. The van der Waals surface area contributed by atoms with Crippen LogP contribution in [0, 0.1) is 11.8 Å². The van der Waals surface area contributed by atoms with Crippen LogP contribution in [0.15, 0.2) is 42.5 Å². The lowest BCUT2D eigenvalue weighted by Crippen LogP contribution is -2.56. The first kappa shape index (κ1) is 32.7. The molecule has 0 aliphatic carbocycles. The summed E-state index contributed by atoms with van der Waals surface area (Å²) in [7, 11) is 0. The second kappa shape index (κ2) is 15.4. The van der Waals surface area contributed by atoms with Gasteiger partial charge in [0.05, 0.1) is 19.3 Å². The van der Waals surface area contributed by atoms with Gasteiger partial charge in [-0.05, 0) is 60.6 Å². The normalized spacial score (nSPS) is 15.1. The molecule has 1 heterocycles. The molecule has 41 heavy (non-hydrogen) atoms. The van der Waals surface area contributed by atoms with Crippen LogP contribution in [0.25, 0.3) is 0 Å². The van der Waals surface area contributed by atoms with E-state index in [1.165, 1.54) is 0 Å². The highest BCUT2D eigenvalue weighted by Crippen LogP contribution is 2.41. The van der Waals surface area contributed by atoms with E-state index in [1.54, 1.807) is 30.3 Å². The number of hydrogen-bond acceptors (Lipinski definition) is 8. The molecule has 2 N–H and O–H groups in total. The largest absolute Gasteiger partial charge is 0.459 e. The van der Waals surface area contributed by atoms with E-state index in [-0.39, 0.29) is 42.6 Å². The Morgan fingerprint density at radius 1 is 0.902 bits per heavy atom. The van der Waals surface area contributed by atoms with Gasteiger partial charge in [0.25, 0.3) is 0 Å². The summed E-state index contributed by atoms with van der Waals surface area (Å²) < 4.78 is 22.9. The van der Waals surface area contributed by atoms with Gasteiger partial charge in [0, 0.05) is 17.6 Å². The third-order valence-corrected chi connectivity index (χ3v) is 7.93. The SMILES string of the molecule is CCC(CC)COC(=O)C1(C(=O)OCC(CC)CC)Oc2ccc(C[C@@H](C)NC[C@H](O)c3cccc(Cl)c3)cc2O1. The Kier molecular flexibility index (Phi) is 12.3. The van der Waals surface area contributed by atoms with Crippen molar-refractivity contribution in [3.05, 3.63) is 58.6 Å². The van der Waals surface area contributed by atoms with E-state index in [4.69, 9.17) is 30.5 Å². The van der Waals surface area contributed by atoms with Crippen molar-refractivity contribution in [2.75, 3.05) is 19.8 Å². The zero-order valence-corrected chi connectivity index (χ0v) is 25.5. The predicted octanol–water partition coefficient (Wildman–Crippen LogP) is 6.02. The van der Waals surface area contributed by atoms with Crippen molar-refractivity contribution in [3.8, 4) is 11.5 Å². The minimum absolute atomic E-state index is 0.00364. The third kappa shape index (κ3) is 8.60.